The molecule has 3 N–H and O–H groups in total. The normalized spacial score (nSPS) is 20.6. The maximum atomic E-state index is 11.4. The molecule has 0 aromatic carbocycles. The van der Waals surface area contributed by atoms with Gasteiger partial charge in [0.25, 0.3) is 5.91 Å². The summed E-state index contributed by atoms with van der Waals surface area (Å²) in [5.74, 6) is 6.51. The lowest BCUT2D eigenvalue weighted by molar-refractivity contribution is 0.0953. The van der Waals surface area contributed by atoms with Crippen LogP contribution in [0.4, 0.5) is 0 Å². The molecule has 112 valence electrons. The van der Waals surface area contributed by atoms with E-state index in [1.807, 2.05) is 0 Å². The maximum absolute atomic E-state index is 11.4. The Labute approximate surface area is 120 Å². The van der Waals surface area contributed by atoms with Gasteiger partial charge in [0.15, 0.2) is 0 Å². The fourth-order valence-corrected chi connectivity index (χ4v) is 2.97. The van der Waals surface area contributed by atoms with Crippen LogP contribution in [0.1, 0.15) is 55.1 Å². The minimum atomic E-state index is -0.307. The minimum absolute atomic E-state index is 0.307. The number of furan rings is 1. The Morgan fingerprint density at radius 3 is 3.10 bits per heavy atom. The maximum Gasteiger partial charge on any atom is 0.268 e. The van der Waals surface area contributed by atoms with Gasteiger partial charge in [0.2, 0.25) is 0 Å². The lowest BCUT2D eigenvalue weighted by atomic mass is 9.96. The van der Waals surface area contributed by atoms with E-state index in [4.69, 9.17) is 10.3 Å². The van der Waals surface area contributed by atoms with E-state index in [1.54, 1.807) is 6.07 Å². The minimum Gasteiger partial charge on any atom is -0.467 e. The zero-order valence-electron chi connectivity index (χ0n) is 12.2. The number of carbonyl (C=O) groups excluding carboxylic acids is 1. The number of nitrogens with zero attached hydrogens (tertiary/aromatic N) is 1. The van der Waals surface area contributed by atoms with E-state index in [-0.39, 0.29) is 5.91 Å². The van der Waals surface area contributed by atoms with E-state index < -0.39 is 0 Å². The average molecular weight is 279 g/mol. The van der Waals surface area contributed by atoms with E-state index >= 15 is 0 Å². The number of hydrogen-bond acceptors (Lipinski definition) is 4. The molecule has 20 heavy (non-hydrogen) atoms. The molecule has 1 aromatic heterocycles. The predicted octanol–water partition coefficient (Wildman–Crippen LogP) is 2.29. The molecule has 2 heterocycles. The molecule has 0 spiro atoms. The molecule has 1 aliphatic heterocycles. The van der Waals surface area contributed by atoms with Gasteiger partial charge in [-0.05, 0) is 44.3 Å². The van der Waals surface area contributed by atoms with Crippen molar-refractivity contribution in [3.8, 4) is 0 Å². The Balaban J connectivity index is 1.87. The summed E-state index contributed by atoms with van der Waals surface area (Å²) in [6, 6.07) is 1.77. The average Bonchev–Trinajstić information content (AvgIpc) is 2.80. The molecule has 1 unspecified atom stereocenters. The fraction of sp³-hybridized carbons (Fsp3) is 0.667. The van der Waals surface area contributed by atoms with Crippen LogP contribution in [0.5, 0.6) is 0 Å². The van der Waals surface area contributed by atoms with Gasteiger partial charge >= 0.3 is 0 Å². The van der Waals surface area contributed by atoms with Crippen LogP contribution in [-0.4, -0.2) is 23.9 Å². The van der Waals surface area contributed by atoms with Gasteiger partial charge in [-0.2, -0.15) is 0 Å². The topological polar surface area (TPSA) is 71.5 Å². The van der Waals surface area contributed by atoms with Crippen molar-refractivity contribution in [1.29, 1.82) is 0 Å². The molecule has 0 aliphatic carbocycles. The fourth-order valence-electron chi connectivity index (χ4n) is 2.97. The van der Waals surface area contributed by atoms with E-state index in [1.165, 1.54) is 38.4 Å². The Bertz CT molecular complexity index is 431. The molecule has 5 heteroatoms. The number of amides is 1. The van der Waals surface area contributed by atoms with Gasteiger partial charge in [-0.25, -0.2) is 5.84 Å². The van der Waals surface area contributed by atoms with Gasteiger partial charge in [0.1, 0.15) is 12.0 Å². The van der Waals surface area contributed by atoms with Crippen LogP contribution < -0.4 is 11.3 Å². The van der Waals surface area contributed by atoms with Crippen molar-refractivity contribution in [2.45, 2.75) is 45.6 Å². The number of carbonyl (C=O) groups is 1. The van der Waals surface area contributed by atoms with Crippen LogP contribution in [0, 0.1) is 5.92 Å². The van der Waals surface area contributed by atoms with E-state index in [9.17, 15) is 4.79 Å². The smallest absolute Gasteiger partial charge is 0.268 e. The highest BCUT2D eigenvalue weighted by atomic mass is 16.3. The molecular weight excluding hydrogens is 254 g/mol. The third kappa shape index (κ3) is 4.08. The van der Waals surface area contributed by atoms with Crippen LogP contribution in [0.25, 0.3) is 0 Å². The van der Waals surface area contributed by atoms with Gasteiger partial charge < -0.3 is 4.42 Å². The van der Waals surface area contributed by atoms with Crippen LogP contribution >= 0.6 is 0 Å². The lowest BCUT2D eigenvalue weighted by Gasteiger charge is -2.18. The zero-order chi connectivity index (χ0) is 14.4. The van der Waals surface area contributed by atoms with Crippen molar-refractivity contribution >= 4 is 5.91 Å². The predicted molar refractivity (Wildman–Crippen MR) is 77.9 cm³/mol. The van der Waals surface area contributed by atoms with Crippen molar-refractivity contribution < 1.29 is 9.21 Å². The monoisotopic (exact) mass is 279 g/mol. The molecule has 1 amide bonds. The number of hydrazine groups is 1. The summed E-state index contributed by atoms with van der Waals surface area (Å²) in [4.78, 5) is 13.8. The summed E-state index contributed by atoms with van der Waals surface area (Å²) in [5.41, 5.74) is 2.60. The number of hydrogen-bond donors (Lipinski definition) is 2. The Hall–Kier alpha value is -1.33. The summed E-state index contributed by atoms with van der Waals surface area (Å²) in [7, 11) is 0. The number of nitrogens with two attached hydrogens (primary N) is 1. The molecule has 0 saturated carbocycles. The van der Waals surface area contributed by atoms with Gasteiger partial charge in [-0.1, -0.05) is 19.8 Å². The molecule has 0 bridgehead atoms. The highest BCUT2D eigenvalue weighted by Crippen LogP contribution is 2.23. The molecule has 0 radical (unpaired) electrons. The molecular formula is C15H25N3O2. The second kappa shape index (κ2) is 7.45. The second-order valence-electron chi connectivity index (χ2n) is 5.64. The van der Waals surface area contributed by atoms with Crippen molar-refractivity contribution in [2.75, 3.05) is 13.1 Å². The van der Waals surface area contributed by atoms with E-state index in [0.717, 1.165) is 31.3 Å². The van der Waals surface area contributed by atoms with Crippen molar-refractivity contribution in [2.24, 2.45) is 11.8 Å². The second-order valence-corrected chi connectivity index (χ2v) is 5.64. The van der Waals surface area contributed by atoms with E-state index in [0.29, 0.717) is 5.56 Å². The first-order valence-corrected chi connectivity index (χ1v) is 7.53. The number of nitrogens with one attached hydrogen (secondary N) is 1. The molecule has 1 saturated heterocycles. The van der Waals surface area contributed by atoms with Gasteiger partial charge in [0, 0.05) is 0 Å². The zero-order valence-corrected chi connectivity index (χ0v) is 12.2. The first kappa shape index (κ1) is 15.1. The highest BCUT2D eigenvalue weighted by Gasteiger charge is 2.18. The quantitative estimate of drug-likeness (QED) is 0.493. The summed E-state index contributed by atoms with van der Waals surface area (Å²) >= 11 is 0. The number of likely N-dealkylation sites (tertiary alicyclic amines) is 1. The van der Waals surface area contributed by atoms with Crippen LogP contribution in [-0.2, 0) is 6.54 Å². The lowest BCUT2D eigenvalue weighted by Crippen LogP contribution is -2.29. The number of nitrogen functional groups attached to an aromatic ring is 1. The Morgan fingerprint density at radius 1 is 1.50 bits per heavy atom. The first-order chi connectivity index (χ1) is 9.72. The highest BCUT2D eigenvalue weighted by molar-refractivity contribution is 5.93. The van der Waals surface area contributed by atoms with Gasteiger partial charge in [-0.15, -0.1) is 0 Å². The van der Waals surface area contributed by atoms with Gasteiger partial charge in [-0.3, -0.25) is 15.1 Å². The Kier molecular flexibility index (Phi) is 5.61. The summed E-state index contributed by atoms with van der Waals surface area (Å²) in [5, 5.41) is 0. The molecule has 1 fully saturated rings. The van der Waals surface area contributed by atoms with Crippen molar-refractivity contribution in [1.82, 2.24) is 10.3 Å². The molecule has 5 nitrogen and oxygen atoms in total. The Morgan fingerprint density at radius 2 is 2.35 bits per heavy atom. The molecule has 1 aliphatic rings. The van der Waals surface area contributed by atoms with Gasteiger partial charge in [0.05, 0.1) is 12.1 Å². The van der Waals surface area contributed by atoms with Crippen LogP contribution in [0.2, 0.25) is 0 Å². The summed E-state index contributed by atoms with van der Waals surface area (Å²) < 4.78 is 5.45. The third-order valence-corrected chi connectivity index (χ3v) is 4.06. The summed E-state index contributed by atoms with van der Waals surface area (Å²) in [6.07, 6.45) is 7.95. The molecule has 1 aromatic rings. The summed E-state index contributed by atoms with van der Waals surface area (Å²) in [6.45, 7) is 5.26. The van der Waals surface area contributed by atoms with Crippen molar-refractivity contribution in [3.63, 3.8) is 0 Å². The molecule has 1 atom stereocenters. The standard InChI is InChI=1S/C15H25N3O2/c1-2-4-12-5-3-7-18(8-6-12)10-14-9-13(11-20-14)15(19)17-16/h9,11-12H,2-8,10,16H2,1H3,(H,17,19). The molecule has 2 rings (SSSR count). The first-order valence-electron chi connectivity index (χ1n) is 7.53. The van der Waals surface area contributed by atoms with Crippen LogP contribution in [0.3, 0.4) is 0 Å². The number of rotatable bonds is 5. The largest absolute Gasteiger partial charge is 0.467 e. The third-order valence-electron chi connectivity index (χ3n) is 4.06. The van der Waals surface area contributed by atoms with Crippen LogP contribution in [0.15, 0.2) is 16.7 Å². The van der Waals surface area contributed by atoms with Crippen molar-refractivity contribution in [3.05, 3.63) is 23.7 Å². The SMILES string of the molecule is CCCC1CCCN(Cc2cc(C(=O)NN)co2)CC1. The van der Waals surface area contributed by atoms with E-state index in [2.05, 4.69) is 17.2 Å².